The fourth-order valence-corrected chi connectivity index (χ4v) is 3.32. The van der Waals surface area contributed by atoms with Gasteiger partial charge in [-0.05, 0) is 42.8 Å². The van der Waals surface area contributed by atoms with E-state index in [0.29, 0.717) is 12.0 Å². The third kappa shape index (κ3) is 7.53. The van der Waals surface area contributed by atoms with Crippen molar-refractivity contribution in [3.63, 3.8) is 0 Å². The molecule has 0 unspecified atom stereocenters. The molecule has 6 nitrogen and oxygen atoms in total. The normalized spacial score (nSPS) is 14.4. The van der Waals surface area contributed by atoms with E-state index in [0.717, 1.165) is 63.6 Å². The molecular weight excluding hydrogens is 360 g/mol. The van der Waals surface area contributed by atoms with Crippen LogP contribution in [-0.4, -0.2) is 60.7 Å². The van der Waals surface area contributed by atoms with E-state index in [-0.39, 0.29) is 5.97 Å². The van der Waals surface area contributed by atoms with Crippen molar-refractivity contribution in [1.82, 2.24) is 15.1 Å². The molecule has 0 saturated carbocycles. The molecule has 1 N–H and O–H groups in total. The van der Waals surface area contributed by atoms with Crippen LogP contribution in [0.5, 0.6) is 0 Å². The van der Waals surface area contributed by atoms with Gasteiger partial charge in [-0.2, -0.15) is 5.26 Å². The highest BCUT2D eigenvalue weighted by Gasteiger charge is 2.18. The predicted molar refractivity (Wildman–Crippen MR) is 109 cm³/mol. The highest BCUT2D eigenvalue weighted by Crippen LogP contribution is 2.10. The molecule has 1 aromatic rings. The number of ether oxygens (including phenoxy) is 1. The van der Waals surface area contributed by atoms with Gasteiger partial charge in [0.2, 0.25) is 0 Å². The van der Waals surface area contributed by atoms with Crippen molar-refractivity contribution in [3.8, 4) is 6.07 Å². The predicted octanol–water partition coefficient (Wildman–Crippen LogP) is 2.28. The van der Waals surface area contributed by atoms with Gasteiger partial charge in [0.05, 0.1) is 18.7 Å². The zero-order valence-electron chi connectivity index (χ0n) is 15.9. The van der Waals surface area contributed by atoms with Crippen LogP contribution < -0.4 is 5.32 Å². The second-order valence-electron chi connectivity index (χ2n) is 6.69. The number of carbonyl (C=O) groups is 1. The molecule has 1 saturated heterocycles. The Morgan fingerprint density at radius 1 is 1.19 bits per heavy atom. The van der Waals surface area contributed by atoms with Crippen LogP contribution in [0.1, 0.15) is 36.8 Å². The molecule has 1 aromatic carbocycles. The number of unbranched alkanes of at least 4 members (excludes halogenated alkanes) is 2. The monoisotopic (exact) mass is 388 g/mol. The Bertz CT molecular complexity index is 649. The lowest BCUT2D eigenvalue weighted by atomic mass is 10.1. The fraction of sp³-hybridized carbons (Fsp3) is 0.550. The van der Waals surface area contributed by atoms with Gasteiger partial charge in [-0.3, -0.25) is 9.69 Å². The minimum Gasteiger partial charge on any atom is -0.469 e. The average molecular weight is 389 g/mol. The van der Waals surface area contributed by atoms with Gasteiger partial charge < -0.3 is 15.0 Å². The SMILES string of the molecule is COC(=O)CCCCCNC(=S)N1CCN(Cc2ccc(C#N)cc2)CC1. The number of methoxy groups -OCH3 is 1. The van der Waals surface area contributed by atoms with Gasteiger partial charge in [0, 0.05) is 45.7 Å². The third-order valence-electron chi connectivity index (χ3n) is 4.71. The molecule has 0 aliphatic carbocycles. The van der Waals surface area contributed by atoms with E-state index in [1.807, 2.05) is 24.3 Å². The van der Waals surface area contributed by atoms with E-state index in [9.17, 15) is 4.79 Å². The van der Waals surface area contributed by atoms with Gasteiger partial charge >= 0.3 is 5.97 Å². The van der Waals surface area contributed by atoms with Crippen LogP contribution in [0.4, 0.5) is 0 Å². The van der Waals surface area contributed by atoms with Gasteiger partial charge in [-0.1, -0.05) is 18.6 Å². The molecule has 1 fully saturated rings. The molecule has 0 bridgehead atoms. The number of nitriles is 1. The summed E-state index contributed by atoms with van der Waals surface area (Å²) in [6.07, 6.45) is 3.33. The zero-order chi connectivity index (χ0) is 19.5. The molecule has 0 radical (unpaired) electrons. The second-order valence-corrected chi connectivity index (χ2v) is 7.08. The molecule has 1 heterocycles. The summed E-state index contributed by atoms with van der Waals surface area (Å²) in [7, 11) is 1.42. The molecule has 7 heteroatoms. The van der Waals surface area contributed by atoms with Crippen LogP contribution in [0.2, 0.25) is 0 Å². The number of carbonyl (C=O) groups excluding carboxylic acids is 1. The molecule has 1 aliphatic heterocycles. The number of rotatable bonds is 8. The van der Waals surface area contributed by atoms with Gasteiger partial charge in [0.15, 0.2) is 5.11 Å². The van der Waals surface area contributed by atoms with Crippen LogP contribution >= 0.6 is 12.2 Å². The Labute approximate surface area is 167 Å². The summed E-state index contributed by atoms with van der Waals surface area (Å²) in [4.78, 5) is 15.7. The minimum absolute atomic E-state index is 0.141. The van der Waals surface area contributed by atoms with Crippen molar-refractivity contribution in [2.24, 2.45) is 0 Å². The van der Waals surface area contributed by atoms with Crippen molar-refractivity contribution in [2.45, 2.75) is 32.2 Å². The molecule has 0 aromatic heterocycles. The number of thiocarbonyl (C=S) groups is 1. The first-order chi connectivity index (χ1) is 13.1. The van der Waals surface area contributed by atoms with Gasteiger partial charge in [-0.15, -0.1) is 0 Å². The van der Waals surface area contributed by atoms with Gasteiger partial charge in [0.25, 0.3) is 0 Å². The molecule has 0 spiro atoms. The average Bonchev–Trinajstić information content (AvgIpc) is 2.71. The van der Waals surface area contributed by atoms with E-state index in [1.165, 1.54) is 12.7 Å². The Kier molecular flexibility index (Phi) is 9.02. The lowest BCUT2D eigenvalue weighted by molar-refractivity contribution is -0.140. The number of piperazine rings is 1. The van der Waals surface area contributed by atoms with Crippen LogP contribution in [0.25, 0.3) is 0 Å². The largest absolute Gasteiger partial charge is 0.469 e. The quantitative estimate of drug-likeness (QED) is 0.416. The number of benzene rings is 1. The minimum atomic E-state index is -0.141. The first kappa shape index (κ1) is 21.1. The Hall–Kier alpha value is -2.17. The first-order valence-corrected chi connectivity index (χ1v) is 9.84. The summed E-state index contributed by atoms with van der Waals surface area (Å²) in [5.41, 5.74) is 1.93. The number of hydrogen-bond donors (Lipinski definition) is 1. The van der Waals surface area contributed by atoms with E-state index in [4.69, 9.17) is 17.5 Å². The number of nitrogens with one attached hydrogen (secondary N) is 1. The van der Waals surface area contributed by atoms with Crippen LogP contribution in [0, 0.1) is 11.3 Å². The highest BCUT2D eigenvalue weighted by molar-refractivity contribution is 7.80. The molecule has 2 rings (SSSR count). The number of hydrogen-bond acceptors (Lipinski definition) is 5. The second kappa shape index (κ2) is 11.5. The summed E-state index contributed by atoms with van der Waals surface area (Å²) in [5, 5.41) is 13.0. The van der Waals surface area contributed by atoms with Crippen molar-refractivity contribution < 1.29 is 9.53 Å². The molecule has 0 atom stereocenters. The lowest BCUT2D eigenvalue weighted by Gasteiger charge is -2.36. The highest BCUT2D eigenvalue weighted by atomic mass is 32.1. The molecule has 1 aliphatic rings. The van der Waals surface area contributed by atoms with Crippen molar-refractivity contribution in [1.29, 1.82) is 5.26 Å². The zero-order valence-corrected chi connectivity index (χ0v) is 16.8. The Balaban J connectivity index is 1.59. The van der Waals surface area contributed by atoms with E-state index < -0.39 is 0 Å². The topological polar surface area (TPSA) is 68.6 Å². The smallest absolute Gasteiger partial charge is 0.305 e. The summed E-state index contributed by atoms with van der Waals surface area (Å²) in [6, 6.07) is 9.94. The molecule has 146 valence electrons. The summed E-state index contributed by atoms with van der Waals surface area (Å²) >= 11 is 5.50. The van der Waals surface area contributed by atoms with E-state index in [1.54, 1.807) is 0 Å². The van der Waals surface area contributed by atoms with Crippen molar-refractivity contribution >= 4 is 23.3 Å². The Morgan fingerprint density at radius 2 is 1.89 bits per heavy atom. The summed E-state index contributed by atoms with van der Waals surface area (Å²) in [6.45, 7) is 5.53. The molecular formula is C20H28N4O2S. The maximum atomic E-state index is 11.0. The maximum absolute atomic E-state index is 11.0. The number of nitrogens with zero attached hydrogens (tertiary/aromatic N) is 3. The van der Waals surface area contributed by atoms with Gasteiger partial charge in [-0.25, -0.2) is 0 Å². The molecule has 27 heavy (non-hydrogen) atoms. The third-order valence-corrected chi connectivity index (χ3v) is 5.11. The van der Waals surface area contributed by atoms with Gasteiger partial charge in [0.1, 0.15) is 0 Å². The Morgan fingerprint density at radius 3 is 2.52 bits per heavy atom. The lowest BCUT2D eigenvalue weighted by Crippen LogP contribution is -2.51. The fourth-order valence-electron chi connectivity index (χ4n) is 3.03. The number of esters is 1. The standard InChI is InChI=1S/C20H28N4O2S/c1-26-19(25)5-3-2-4-10-22-20(27)24-13-11-23(12-14-24)16-18-8-6-17(15-21)7-9-18/h6-9H,2-5,10-14,16H2,1H3,(H,22,27). The summed E-state index contributed by atoms with van der Waals surface area (Å²) < 4.78 is 4.63. The van der Waals surface area contributed by atoms with Crippen molar-refractivity contribution in [3.05, 3.63) is 35.4 Å². The maximum Gasteiger partial charge on any atom is 0.305 e. The first-order valence-electron chi connectivity index (χ1n) is 9.43. The van der Waals surface area contributed by atoms with E-state index in [2.05, 4.69) is 25.9 Å². The van der Waals surface area contributed by atoms with E-state index >= 15 is 0 Å². The van der Waals surface area contributed by atoms with Crippen LogP contribution in [0.15, 0.2) is 24.3 Å². The van der Waals surface area contributed by atoms with Crippen molar-refractivity contribution in [2.75, 3.05) is 39.8 Å². The van der Waals surface area contributed by atoms with Crippen LogP contribution in [-0.2, 0) is 16.1 Å². The summed E-state index contributed by atoms with van der Waals surface area (Å²) in [5.74, 6) is -0.141. The van der Waals surface area contributed by atoms with Crippen LogP contribution in [0.3, 0.4) is 0 Å². The molecule has 0 amide bonds.